The molecule has 2 N–H and O–H groups in total. The van der Waals surface area contributed by atoms with Crippen LogP contribution in [-0.4, -0.2) is 39.0 Å². The van der Waals surface area contributed by atoms with Crippen molar-refractivity contribution in [1.29, 1.82) is 0 Å². The third-order valence-corrected chi connectivity index (χ3v) is 6.50. The number of carbonyl (C=O) groups is 2. The number of fused-ring (bicyclic) bond motifs is 1. The molecule has 2 heterocycles. The number of Topliss-reactive ketones (excluding diaryl/α,β-unsaturated/α-hetero) is 1. The van der Waals surface area contributed by atoms with Gasteiger partial charge in [-0.25, -0.2) is 4.98 Å². The molecule has 0 radical (unpaired) electrons. The van der Waals surface area contributed by atoms with Gasteiger partial charge >= 0.3 is 12.1 Å². The number of rotatable bonds is 9. The van der Waals surface area contributed by atoms with Gasteiger partial charge in [-0.1, -0.05) is 18.2 Å². The molecule has 0 saturated heterocycles. The average molecular weight is 569 g/mol. The second-order valence-corrected chi connectivity index (χ2v) is 10.8. The number of pyridine rings is 1. The Morgan fingerprint density at radius 1 is 0.878 bits per heavy atom. The molecule has 0 unspecified atom stereocenters. The van der Waals surface area contributed by atoms with Crippen LogP contribution in [0.25, 0.3) is 33.2 Å². The highest BCUT2D eigenvalue weighted by molar-refractivity contribution is 6.16. The predicted octanol–water partition coefficient (Wildman–Crippen LogP) is 7.78. The summed E-state index contributed by atoms with van der Waals surface area (Å²) in [6.07, 6.45) is -3.70. The van der Waals surface area contributed by atoms with Crippen LogP contribution in [0.5, 0.6) is 11.6 Å². The molecule has 4 rings (SSSR count). The van der Waals surface area contributed by atoms with Crippen LogP contribution in [0.15, 0.2) is 54.7 Å². The number of H-pyrrole nitrogens is 1. The van der Waals surface area contributed by atoms with Gasteiger partial charge in [0.05, 0.1) is 23.5 Å². The van der Waals surface area contributed by atoms with Crippen LogP contribution in [-0.2, 0) is 11.0 Å². The van der Waals surface area contributed by atoms with Crippen molar-refractivity contribution in [2.45, 2.75) is 59.9 Å². The van der Waals surface area contributed by atoms with Crippen LogP contribution in [0.1, 0.15) is 57.6 Å². The van der Waals surface area contributed by atoms with Crippen molar-refractivity contribution >= 4 is 22.7 Å². The number of carbonyl (C=O) groups excluding carboxylic acids is 1. The van der Waals surface area contributed by atoms with Gasteiger partial charge in [0.1, 0.15) is 11.2 Å². The number of halogens is 3. The van der Waals surface area contributed by atoms with Crippen LogP contribution < -0.4 is 9.47 Å². The van der Waals surface area contributed by atoms with Crippen molar-refractivity contribution in [1.82, 2.24) is 9.97 Å². The topological polar surface area (TPSA) is 102 Å². The molecule has 7 nitrogen and oxygen atoms in total. The van der Waals surface area contributed by atoms with Crippen molar-refractivity contribution in [3.63, 3.8) is 0 Å². The quantitative estimate of drug-likeness (QED) is 0.158. The maximum Gasteiger partial charge on any atom is 0.419 e. The first kappa shape index (κ1) is 29.6. The van der Waals surface area contributed by atoms with Crippen LogP contribution >= 0.6 is 0 Å². The Morgan fingerprint density at radius 2 is 1.49 bits per heavy atom. The van der Waals surface area contributed by atoms with E-state index in [1.807, 2.05) is 27.7 Å². The van der Waals surface area contributed by atoms with E-state index in [2.05, 4.69) is 9.97 Å². The SMILES string of the molecule is CC(C)Oc1ccc(-c2c(-c3ccc(OC(C)C)nc3)ccc3[nH]c(C(=O)C(C)(C)C(=O)O)c(C(F)(F)F)c23)cc1. The Kier molecular flexibility index (Phi) is 7.89. The van der Waals surface area contributed by atoms with Crippen LogP contribution in [0.4, 0.5) is 13.2 Å². The summed E-state index contributed by atoms with van der Waals surface area (Å²) in [5, 5.41) is 9.34. The summed E-state index contributed by atoms with van der Waals surface area (Å²) >= 11 is 0. The lowest BCUT2D eigenvalue weighted by molar-refractivity contribution is -0.144. The summed E-state index contributed by atoms with van der Waals surface area (Å²) in [6.45, 7) is 9.58. The highest BCUT2D eigenvalue weighted by Gasteiger charge is 2.45. The summed E-state index contributed by atoms with van der Waals surface area (Å²) in [7, 11) is 0. The molecule has 41 heavy (non-hydrogen) atoms. The highest BCUT2D eigenvalue weighted by atomic mass is 19.4. The van der Waals surface area contributed by atoms with Crippen LogP contribution in [0.2, 0.25) is 0 Å². The van der Waals surface area contributed by atoms with E-state index in [1.54, 1.807) is 42.5 Å². The number of ether oxygens (including phenoxy) is 2. The maximum atomic E-state index is 14.8. The number of nitrogens with one attached hydrogen (secondary N) is 1. The lowest BCUT2D eigenvalue weighted by Crippen LogP contribution is -2.34. The number of carboxylic acid groups (broad SMARTS) is 1. The van der Waals surface area contributed by atoms with Crippen molar-refractivity contribution in [3.05, 3.63) is 66.0 Å². The Bertz CT molecular complexity index is 1590. The third kappa shape index (κ3) is 5.91. The van der Waals surface area contributed by atoms with E-state index in [-0.39, 0.29) is 28.7 Å². The van der Waals surface area contributed by atoms with Gasteiger partial charge in [-0.2, -0.15) is 13.2 Å². The van der Waals surface area contributed by atoms with Gasteiger partial charge in [-0.15, -0.1) is 0 Å². The molecule has 0 aliphatic rings. The Hall–Kier alpha value is -4.34. The molecule has 0 aliphatic carbocycles. The number of hydrogen-bond donors (Lipinski definition) is 2. The number of benzene rings is 2. The summed E-state index contributed by atoms with van der Waals surface area (Å²) in [5.41, 5.74) is -2.51. The predicted molar refractivity (Wildman–Crippen MR) is 149 cm³/mol. The fourth-order valence-corrected chi connectivity index (χ4v) is 4.52. The van der Waals surface area contributed by atoms with Gasteiger partial charge in [0.25, 0.3) is 0 Å². The lowest BCUT2D eigenvalue weighted by atomic mass is 9.84. The summed E-state index contributed by atoms with van der Waals surface area (Å²) < 4.78 is 55.7. The molecule has 0 fully saturated rings. The summed E-state index contributed by atoms with van der Waals surface area (Å²) in [4.78, 5) is 32.0. The fourth-order valence-electron chi connectivity index (χ4n) is 4.52. The molecule has 4 aromatic rings. The first-order valence-corrected chi connectivity index (χ1v) is 13.1. The zero-order valence-electron chi connectivity index (χ0n) is 23.5. The summed E-state index contributed by atoms with van der Waals surface area (Å²) in [5.74, 6) is -1.81. The standard InChI is InChI=1S/C31H31F3N2O5/c1-16(2)40-20-10-7-18(8-11-20)24-21(19-9-14-23(35-15-19)41-17(3)4)12-13-22-25(24)26(31(32,33)34)27(36-22)28(37)30(5,6)29(38)39/h7-17,36H,1-6H3,(H,38,39). The van der Waals surface area contributed by atoms with Gasteiger partial charge < -0.3 is 19.6 Å². The Labute approximate surface area is 235 Å². The maximum absolute atomic E-state index is 14.8. The molecular weight excluding hydrogens is 537 g/mol. The normalized spacial score (nSPS) is 12.3. The highest BCUT2D eigenvalue weighted by Crippen LogP contribution is 2.47. The molecule has 0 bridgehead atoms. The van der Waals surface area contributed by atoms with Gasteiger partial charge in [0, 0.05) is 28.7 Å². The molecular formula is C31H31F3N2O5. The monoisotopic (exact) mass is 568 g/mol. The first-order valence-electron chi connectivity index (χ1n) is 13.1. The van der Waals surface area contributed by atoms with E-state index in [9.17, 15) is 27.9 Å². The molecule has 0 amide bonds. The first-order chi connectivity index (χ1) is 19.1. The number of alkyl halides is 3. The Balaban J connectivity index is 2.06. The molecule has 2 aromatic heterocycles. The number of ketones is 1. The number of aromatic amines is 1. The van der Waals surface area contributed by atoms with E-state index in [0.717, 1.165) is 13.8 Å². The van der Waals surface area contributed by atoms with Crippen LogP contribution in [0.3, 0.4) is 0 Å². The minimum atomic E-state index is -4.99. The van der Waals surface area contributed by atoms with Gasteiger partial charge in [0.2, 0.25) is 5.88 Å². The van der Waals surface area contributed by atoms with Crippen LogP contribution in [0, 0.1) is 5.41 Å². The minimum absolute atomic E-state index is 0.0378. The van der Waals surface area contributed by atoms with Gasteiger partial charge in [-0.05, 0) is 82.5 Å². The Morgan fingerprint density at radius 3 is 2.00 bits per heavy atom. The van der Waals surface area contributed by atoms with E-state index in [4.69, 9.17) is 9.47 Å². The molecule has 2 aromatic carbocycles. The molecule has 0 atom stereocenters. The second-order valence-electron chi connectivity index (χ2n) is 10.8. The van der Waals surface area contributed by atoms with Gasteiger partial charge in [-0.3, -0.25) is 9.59 Å². The summed E-state index contributed by atoms with van der Waals surface area (Å²) in [6, 6.07) is 13.0. The lowest BCUT2D eigenvalue weighted by Gasteiger charge is -2.19. The number of aromatic nitrogens is 2. The molecule has 216 valence electrons. The molecule has 10 heteroatoms. The number of aliphatic carboxylic acids is 1. The second kappa shape index (κ2) is 10.9. The third-order valence-electron chi connectivity index (χ3n) is 6.50. The number of carboxylic acids is 1. The number of hydrogen-bond acceptors (Lipinski definition) is 5. The molecule has 0 spiro atoms. The van der Waals surface area contributed by atoms with Crippen molar-refractivity contribution in [3.8, 4) is 33.9 Å². The minimum Gasteiger partial charge on any atom is -0.491 e. The molecule has 0 saturated carbocycles. The van der Waals surface area contributed by atoms with Crippen molar-refractivity contribution in [2.75, 3.05) is 0 Å². The van der Waals surface area contributed by atoms with Crippen molar-refractivity contribution in [2.24, 2.45) is 5.41 Å². The van der Waals surface area contributed by atoms with Crippen molar-refractivity contribution < 1.29 is 37.3 Å². The average Bonchev–Trinajstić information content (AvgIpc) is 3.28. The fraction of sp³-hybridized carbons (Fsp3) is 0.323. The van der Waals surface area contributed by atoms with E-state index in [0.29, 0.717) is 28.3 Å². The van der Waals surface area contributed by atoms with Gasteiger partial charge in [0.15, 0.2) is 5.78 Å². The zero-order chi connectivity index (χ0) is 30.3. The van der Waals surface area contributed by atoms with E-state index < -0.39 is 34.6 Å². The van der Waals surface area contributed by atoms with E-state index in [1.165, 1.54) is 12.3 Å². The molecule has 0 aliphatic heterocycles. The zero-order valence-corrected chi connectivity index (χ0v) is 23.5. The smallest absolute Gasteiger partial charge is 0.419 e. The number of nitrogens with zero attached hydrogens (tertiary/aromatic N) is 1. The largest absolute Gasteiger partial charge is 0.491 e. The van der Waals surface area contributed by atoms with E-state index >= 15 is 0 Å².